The van der Waals surface area contributed by atoms with E-state index in [-0.39, 0.29) is 23.0 Å². The maximum absolute atomic E-state index is 13.9. The Balaban J connectivity index is 1.69. The molecule has 0 bridgehead atoms. The molecule has 2 heterocycles. The van der Waals surface area contributed by atoms with E-state index in [1.165, 1.54) is 24.5 Å². The molecule has 8 nitrogen and oxygen atoms in total. The Morgan fingerprint density at radius 3 is 2.82 bits per heavy atom. The topological polar surface area (TPSA) is 95.3 Å². The van der Waals surface area contributed by atoms with E-state index in [1.54, 1.807) is 29.0 Å². The summed E-state index contributed by atoms with van der Waals surface area (Å²) in [5.74, 6) is -2.17. The lowest BCUT2D eigenvalue weighted by atomic mass is 10.3. The summed E-state index contributed by atoms with van der Waals surface area (Å²) in [6, 6.07) is 4.59. The van der Waals surface area contributed by atoms with Gasteiger partial charge in [-0.25, -0.2) is 13.6 Å². The number of allylic oxidation sites excluding steroid dienone is 1. The zero-order valence-electron chi connectivity index (χ0n) is 17.7. The van der Waals surface area contributed by atoms with Gasteiger partial charge in [-0.3, -0.25) is 9.36 Å². The largest absolute Gasteiger partial charge is 0.480 e. The number of ether oxygens (including phenoxy) is 2. The third-order valence-electron chi connectivity index (χ3n) is 4.27. The first-order chi connectivity index (χ1) is 15.8. The van der Waals surface area contributed by atoms with Crippen molar-refractivity contribution >= 4 is 40.0 Å². The van der Waals surface area contributed by atoms with Crippen molar-refractivity contribution < 1.29 is 27.8 Å². The number of benzene rings is 1. The van der Waals surface area contributed by atoms with Gasteiger partial charge in [-0.2, -0.15) is 0 Å². The maximum Gasteiger partial charge on any atom is 0.340 e. The Morgan fingerprint density at radius 2 is 2.12 bits per heavy atom. The minimum absolute atomic E-state index is 0.00435. The zero-order chi connectivity index (χ0) is 24.0. The van der Waals surface area contributed by atoms with E-state index in [9.17, 15) is 18.4 Å². The Kier molecular flexibility index (Phi) is 8.17. The van der Waals surface area contributed by atoms with Crippen LogP contribution in [0.4, 0.5) is 13.8 Å². The number of thiophene rings is 1. The highest BCUT2D eigenvalue weighted by Crippen LogP contribution is 2.28. The third kappa shape index (κ3) is 5.96. The summed E-state index contributed by atoms with van der Waals surface area (Å²) >= 11 is 2.33. The molecule has 12 heteroatoms. The SMILES string of the molecule is C=CCn1c(SCC(=O)Nc2sccc2C(=O)OC)nnc1C(C)Oc1ccc(F)cc1F. The number of thioether (sulfide) groups is 1. The van der Waals surface area contributed by atoms with Gasteiger partial charge in [0, 0.05) is 12.6 Å². The van der Waals surface area contributed by atoms with Crippen LogP contribution in [0.25, 0.3) is 0 Å². The molecule has 0 radical (unpaired) electrons. The number of esters is 1. The van der Waals surface area contributed by atoms with Crippen molar-refractivity contribution in [3.8, 4) is 5.75 Å². The van der Waals surface area contributed by atoms with Crippen molar-refractivity contribution in [2.75, 3.05) is 18.2 Å². The maximum atomic E-state index is 13.9. The van der Waals surface area contributed by atoms with E-state index in [0.29, 0.717) is 22.5 Å². The Hall–Kier alpha value is -3.25. The highest BCUT2D eigenvalue weighted by molar-refractivity contribution is 7.99. The van der Waals surface area contributed by atoms with Gasteiger partial charge in [-0.15, -0.1) is 28.1 Å². The number of nitrogens with one attached hydrogen (secondary N) is 1. The molecule has 33 heavy (non-hydrogen) atoms. The molecule has 1 unspecified atom stereocenters. The number of anilines is 1. The lowest BCUT2D eigenvalue weighted by Crippen LogP contribution is -2.16. The molecule has 0 fully saturated rings. The number of carbonyl (C=O) groups is 2. The third-order valence-corrected chi connectivity index (χ3v) is 6.07. The van der Waals surface area contributed by atoms with Gasteiger partial charge in [0.2, 0.25) is 5.91 Å². The molecule has 3 rings (SSSR count). The van der Waals surface area contributed by atoms with E-state index in [0.717, 1.165) is 23.9 Å². The summed E-state index contributed by atoms with van der Waals surface area (Å²) in [4.78, 5) is 24.2. The molecule has 1 N–H and O–H groups in total. The van der Waals surface area contributed by atoms with Gasteiger partial charge in [0.05, 0.1) is 18.4 Å². The summed E-state index contributed by atoms with van der Waals surface area (Å²) in [6.07, 6.45) is 0.908. The highest BCUT2D eigenvalue weighted by atomic mass is 32.2. The second-order valence-corrected chi connectivity index (χ2v) is 8.43. The predicted molar refractivity (Wildman–Crippen MR) is 121 cm³/mol. The normalized spacial score (nSPS) is 11.6. The summed E-state index contributed by atoms with van der Waals surface area (Å²) in [7, 11) is 1.26. The van der Waals surface area contributed by atoms with Crippen molar-refractivity contribution in [1.82, 2.24) is 14.8 Å². The Bertz CT molecular complexity index is 1170. The molecule has 0 saturated heterocycles. The van der Waals surface area contributed by atoms with E-state index in [2.05, 4.69) is 22.1 Å². The molecule has 0 aliphatic rings. The van der Waals surface area contributed by atoms with Crippen molar-refractivity contribution in [2.24, 2.45) is 0 Å². The fourth-order valence-corrected chi connectivity index (χ4v) is 4.34. The van der Waals surface area contributed by atoms with Crippen LogP contribution >= 0.6 is 23.1 Å². The van der Waals surface area contributed by atoms with Crippen LogP contribution in [0.15, 0.2) is 47.5 Å². The van der Waals surface area contributed by atoms with Gasteiger partial charge in [0.1, 0.15) is 10.8 Å². The van der Waals surface area contributed by atoms with Crippen LogP contribution in [-0.2, 0) is 16.1 Å². The van der Waals surface area contributed by atoms with Gasteiger partial charge in [-0.1, -0.05) is 17.8 Å². The monoisotopic (exact) mass is 494 g/mol. The van der Waals surface area contributed by atoms with E-state index < -0.39 is 23.7 Å². The number of methoxy groups -OCH3 is 1. The molecule has 3 aromatic rings. The van der Waals surface area contributed by atoms with Crippen LogP contribution in [-0.4, -0.2) is 39.5 Å². The molecule has 2 aromatic heterocycles. The van der Waals surface area contributed by atoms with Crippen molar-refractivity contribution in [2.45, 2.75) is 24.7 Å². The minimum Gasteiger partial charge on any atom is -0.480 e. The number of hydrogen-bond donors (Lipinski definition) is 1. The molecule has 0 aliphatic heterocycles. The van der Waals surface area contributed by atoms with Gasteiger partial charge in [-0.05, 0) is 30.5 Å². The van der Waals surface area contributed by atoms with Gasteiger partial charge < -0.3 is 14.8 Å². The van der Waals surface area contributed by atoms with Crippen LogP contribution in [0, 0.1) is 11.6 Å². The second-order valence-electron chi connectivity index (χ2n) is 6.57. The quantitative estimate of drug-likeness (QED) is 0.253. The molecular weight excluding hydrogens is 474 g/mol. The van der Waals surface area contributed by atoms with Crippen LogP contribution < -0.4 is 10.1 Å². The van der Waals surface area contributed by atoms with Crippen LogP contribution in [0.3, 0.4) is 0 Å². The fraction of sp³-hybridized carbons (Fsp3) is 0.238. The van der Waals surface area contributed by atoms with Gasteiger partial charge in [0.25, 0.3) is 0 Å². The van der Waals surface area contributed by atoms with Crippen molar-refractivity contribution in [3.05, 3.63) is 65.3 Å². The fourth-order valence-electron chi connectivity index (χ4n) is 2.79. The average molecular weight is 495 g/mol. The highest BCUT2D eigenvalue weighted by Gasteiger charge is 2.21. The number of hydrogen-bond acceptors (Lipinski definition) is 8. The lowest BCUT2D eigenvalue weighted by Gasteiger charge is -2.16. The van der Waals surface area contributed by atoms with Crippen molar-refractivity contribution in [3.63, 3.8) is 0 Å². The number of nitrogens with zero attached hydrogens (tertiary/aromatic N) is 3. The summed E-state index contributed by atoms with van der Waals surface area (Å²) in [6.45, 7) is 5.69. The molecule has 1 atom stereocenters. The molecule has 0 saturated carbocycles. The first kappa shape index (κ1) is 24.4. The number of rotatable bonds is 10. The predicted octanol–water partition coefficient (Wildman–Crippen LogP) is 4.46. The van der Waals surface area contributed by atoms with Gasteiger partial charge in [0.15, 0.2) is 28.7 Å². The number of amides is 1. The molecule has 174 valence electrons. The average Bonchev–Trinajstić information content (AvgIpc) is 3.41. The molecular formula is C21H20F2N4O4S2. The van der Waals surface area contributed by atoms with Gasteiger partial charge >= 0.3 is 5.97 Å². The number of aromatic nitrogens is 3. The van der Waals surface area contributed by atoms with E-state index >= 15 is 0 Å². The first-order valence-corrected chi connectivity index (χ1v) is 11.4. The molecule has 1 amide bonds. The van der Waals surface area contributed by atoms with Crippen LogP contribution in [0.2, 0.25) is 0 Å². The Morgan fingerprint density at radius 1 is 1.33 bits per heavy atom. The summed E-state index contributed by atoms with van der Waals surface area (Å²) in [5, 5.41) is 13.4. The summed E-state index contributed by atoms with van der Waals surface area (Å²) in [5.41, 5.74) is 0.275. The van der Waals surface area contributed by atoms with Crippen LogP contribution in [0.1, 0.15) is 29.2 Å². The molecule has 0 spiro atoms. The van der Waals surface area contributed by atoms with E-state index in [4.69, 9.17) is 9.47 Å². The standard InChI is InChI=1S/C21H20F2N4O4S2/c1-4-8-27-18(12(2)31-16-6-5-13(22)10-15(16)23)25-26-21(27)33-11-17(28)24-19-14(7-9-32-19)20(29)30-3/h4-7,9-10,12H,1,8,11H2,2-3H3,(H,24,28). The number of halogens is 2. The van der Waals surface area contributed by atoms with E-state index in [1.807, 2.05) is 0 Å². The minimum atomic E-state index is -0.831. The second kappa shape index (κ2) is 11.1. The lowest BCUT2D eigenvalue weighted by molar-refractivity contribution is -0.113. The van der Waals surface area contributed by atoms with Crippen LogP contribution in [0.5, 0.6) is 5.75 Å². The summed E-state index contributed by atoms with van der Waals surface area (Å²) < 4.78 is 39.1. The smallest absolute Gasteiger partial charge is 0.340 e. The molecule has 0 aliphatic carbocycles. The number of carbonyl (C=O) groups excluding carboxylic acids is 2. The first-order valence-electron chi connectivity index (χ1n) is 9.58. The molecule has 1 aromatic carbocycles. The zero-order valence-corrected chi connectivity index (χ0v) is 19.3. The Labute approximate surface area is 196 Å². The van der Waals surface area contributed by atoms with Crippen molar-refractivity contribution in [1.29, 1.82) is 0 Å².